The molecule has 34 heavy (non-hydrogen) atoms. The van der Waals surface area contributed by atoms with Gasteiger partial charge in [-0.25, -0.2) is 35.5 Å². The van der Waals surface area contributed by atoms with E-state index in [1.807, 2.05) is 4.72 Å². The van der Waals surface area contributed by atoms with E-state index < -0.39 is 52.2 Å². The van der Waals surface area contributed by atoms with Gasteiger partial charge in [0, 0.05) is 24.7 Å². The van der Waals surface area contributed by atoms with E-state index in [1.165, 1.54) is 6.07 Å². The summed E-state index contributed by atoms with van der Waals surface area (Å²) in [6.45, 7) is -0.682. The molecule has 2 atom stereocenters. The predicted molar refractivity (Wildman–Crippen MR) is 114 cm³/mol. The highest BCUT2D eigenvalue weighted by Crippen LogP contribution is 2.42. The third-order valence-corrected chi connectivity index (χ3v) is 6.79. The third-order valence-electron chi connectivity index (χ3n) is 6.08. The molecule has 2 aliphatic rings. The monoisotopic (exact) mass is 498 g/mol. The van der Waals surface area contributed by atoms with Gasteiger partial charge in [0.15, 0.2) is 11.4 Å². The summed E-state index contributed by atoms with van der Waals surface area (Å²) in [6, 6.07) is 3.65. The van der Waals surface area contributed by atoms with Gasteiger partial charge in [0.05, 0.1) is 11.6 Å². The highest BCUT2D eigenvalue weighted by atomic mass is 32.2. The zero-order valence-corrected chi connectivity index (χ0v) is 18.5. The first-order valence-corrected chi connectivity index (χ1v) is 12.1. The lowest BCUT2D eigenvalue weighted by Crippen LogP contribution is -2.56. The number of urea groups is 1. The van der Waals surface area contributed by atoms with Gasteiger partial charge in [-0.3, -0.25) is 4.90 Å². The van der Waals surface area contributed by atoms with Crippen LogP contribution in [-0.2, 0) is 10.0 Å². The summed E-state index contributed by atoms with van der Waals surface area (Å²) in [5.41, 5.74) is 0.544. The van der Waals surface area contributed by atoms with E-state index in [0.29, 0.717) is 0 Å². The maximum atomic E-state index is 14.9. The number of nitrogens with zero attached hydrogens (tertiary/aromatic N) is 3. The van der Waals surface area contributed by atoms with Crippen LogP contribution in [0.2, 0.25) is 0 Å². The number of anilines is 1. The highest BCUT2D eigenvalue weighted by molar-refractivity contribution is 7.88. The van der Waals surface area contributed by atoms with Crippen LogP contribution in [-0.4, -0.2) is 61.9 Å². The van der Waals surface area contributed by atoms with E-state index in [-0.39, 0.29) is 40.9 Å². The van der Waals surface area contributed by atoms with Gasteiger partial charge in [-0.1, -0.05) is 17.3 Å². The molecule has 2 aromatic carbocycles. The van der Waals surface area contributed by atoms with E-state index in [2.05, 4.69) is 5.16 Å². The van der Waals surface area contributed by atoms with Gasteiger partial charge in [-0.2, -0.15) is 0 Å². The molecule has 0 unspecified atom stereocenters. The molecule has 0 aliphatic carbocycles. The highest BCUT2D eigenvalue weighted by Gasteiger charge is 2.60. The van der Waals surface area contributed by atoms with Crippen molar-refractivity contribution in [2.75, 3.05) is 24.2 Å². The number of hydrogen-bond acceptors (Lipinski definition) is 5. The molecule has 2 amide bonds. The second-order valence-electron chi connectivity index (χ2n) is 8.32. The number of carbonyl (C=O) groups is 1. The molecule has 5 rings (SSSR count). The Balaban J connectivity index is 1.54. The number of nitrogens with one attached hydrogen (secondary N) is 1. The molecule has 1 aromatic heterocycles. The van der Waals surface area contributed by atoms with E-state index in [9.17, 15) is 30.8 Å². The fourth-order valence-corrected chi connectivity index (χ4v) is 5.36. The van der Waals surface area contributed by atoms with Crippen LogP contribution in [0.4, 0.5) is 28.2 Å². The Morgan fingerprint density at radius 2 is 1.94 bits per heavy atom. The van der Waals surface area contributed by atoms with Crippen LogP contribution in [0, 0.1) is 11.6 Å². The lowest BCUT2D eigenvalue weighted by atomic mass is 10.00. The molecule has 180 valence electrons. The van der Waals surface area contributed by atoms with Crippen LogP contribution in [0.25, 0.3) is 22.1 Å². The number of amides is 2. The average Bonchev–Trinajstić information content (AvgIpc) is 3.27. The van der Waals surface area contributed by atoms with E-state index >= 15 is 0 Å². The minimum absolute atomic E-state index is 0.000568. The van der Waals surface area contributed by atoms with Gasteiger partial charge in [0.1, 0.15) is 23.7 Å². The zero-order chi connectivity index (χ0) is 24.4. The summed E-state index contributed by atoms with van der Waals surface area (Å²) in [5, 5.41) is 4.20. The number of halogens is 4. The van der Waals surface area contributed by atoms with Crippen molar-refractivity contribution in [2.24, 2.45) is 0 Å². The Hall–Kier alpha value is -3.19. The maximum absolute atomic E-state index is 14.9. The summed E-state index contributed by atoms with van der Waals surface area (Å²) in [7, 11) is -3.94. The fourth-order valence-electron chi connectivity index (χ4n) is 4.61. The van der Waals surface area contributed by atoms with E-state index in [1.54, 1.807) is 18.2 Å². The molecular formula is C21H18F4N4O4S. The number of sulfonamides is 1. The Labute approximate surface area is 191 Å². The molecule has 0 spiro atoms. The van der Waals surface area contributed by atoms with Gasteiger partial charge in [-0.05, 0) is 30.2 Å². The smallest absolute Gasteiger partial charge is 0.326 e. The minimum Gasteiger partial charge on any atom is -0.354 e. The number of carbonyl (C=O) groups excluding carboxylic acids is 1. The first kappa shape index (κ1) is 22.6. The number of rotatable bonds is 4. The van der Waals surface area contributed by atoms with Crippen LogP contribution in [0.1, 0.15) is 6.42 Å². The number of hydrogen-bond donors (Lipinski definition) is 1. The molecule has 13 heteroatoms. The van der Waals surface area contributed by atoms with Crippen LogP contribution < -0.4 is 9.62 Å². The molecule has 2 fully saturated rings. The Kier molecular flexibility index (Phi) is 5.09. The Bertz CT molecular complexity index is 1410. The van der Waals surface area contributed by atoms with Gasteiger partial charge >= 0.3 is 6.03 Å². The fraction of sp³-hybridized carbons (Fsp3) is 0.333. The number of fused-ring (bicyclic) bond motifs is 2. The molecule has 0 saturated carbocycles. The van der Waals surface area contributed by atoms with Crippen molar-refractivity contribution in [3.8, 4) is 11.1 Å². The van der Waals surface area contributed by atoms with E-state index in [4.69, 9.17) is 4.52 Å². The molecule has 3 heterocycles. The van der Waals surface area contributed by atoms with Crippen LogP contribution in [0.5, 0.6) is 0 Å². The summed E-state index contributed by atoms with van der Waals surface area (Å²) in [4.78, 5) is 15.3. The SMILES string of the molecule is CS(=O)(=O)N[C@@H]1CN2C(=O)N(c3noc4cccc(-c5ccc(F)cc5F)c34)CC[C@@H]2C1(F)F. The summed E-state index contributed by atoms with van der Waals surface area (Å²) < 4.78 is 88.1. The number of alkyl halides is 2. The average molecular weight is 498 g/mol. The van der Waals surface area contributed by atoms with Crippen LogP contribution >= 0.6 is 0 Å². The van der Waals surface area contributed by atoms with Crippen molar-refractivity contribution >= 4 is 32.8 Å². The Morgan fingerprint density at radius 3 is 2.65 bits per heavy atom. The van der Waals surface area contributed by atoms with Crippen molar-refractivity contribution in [1.82, 2.24) is 14.8 Å². The summed E-state index contributed by atoms with van der Waals surface area (Å²) in [6.07, 6.45) is 0.605. The van der Waals surface area contributed by atoms with Gasteiger partial charge in [-0.15, -0.1) is 0 Å². The predicted octanol–water partition coefficient (Wildman–Crippen LogP) is 3.34. The lowest BCUT2D eigenvalue weighted by molar-refractivity contribution is -0.0448. The first-order valence-electron chi connectivity index (χ1n) is 10.2. The second kappa shape index (κ2) is 7.67. The second-order valence-corrected chi connectivity index (χ2v) is 10.1. The molecule has 3 aromatic rings. The molecule has 0 radical (unpaired) electrons. The molecule has 1 N–H and O–H groups in total. The van der Waals surface area contributed by atoms with Crippen molar-refractivity contribution < 1.29 is 35.3 Å². The molecule has 2 aliphatic heterocycles. The standard InChI is InChI=1S/C21H18F4N4O4S/c1-34(31,32)27-16-10-29-17(21(16,24)25)7-8-28(20(29)30)19-18-13(3-2-4-15(18)33-26-19)12-6-5-11(22)9-14(12)23/h2-6,9,16-17,27H,7-8,10H2,1H3/t16-,17-/m1/s1. The zero-order valence-electron chi connectivity index (χ0n) is 17.6. The van der Waals surface area contributed by atoms with Crippen LogP contribution in [0.15, 0.2) is 40.9 Å². The van der Waals surface area contributed by atoms with Crippen molar-refractivity contribution in [3.63, 3.8) is 0 Å². The minimum atomic E-state index is -3.94. The number of aromatic nitrogens is 1. The largest absolute Gasteiger partial charge is 0.354 e. The molecule has 2 saturated heterocycles. The molecular weight excluding hydrogens is 480 g/mol. The summed E-state index contributed by atoms with van der Waals surface area (Å²) in [5.74, 6) is -5.07. The molecule has 8 nitrogen and oxygen atoms in total. The van der Waals surface area contributed by atoms with Crippen molar-refractivity contribution in [2.45, 2.75) is 24.4 Å². The van der Waals surface area contributed by atoms with Gasteiger partial charge in [0.2, 0.25) is 10.0 Å². The lowest BCUT2D eigenvalue weighted by Gasteiger charge is -2.37. The quantitative estimate of drug-likeness (QED) is 0.557. The topological polar surface area (TPSA) is 95.8 Å². The van der Waals surface area contributed by atoms with Crippen LogP contribution in [0.3, 0.4) is 0 Å². The molecule has 0 bridgehead atoms. The number of benzene rings is 2. The Morgan fingerprint density at radius 1 is 1.18 bits per heavy atom. The normalized spacial score (nSPS) is 22.4. The first-order chi connectivity index (χ1) is 16.0. The van der Waals surface area contributed by atoms with Gasteiger partial charge in [0.25, 0.3) is 5.92 Å². The third kappa shape index (κ3) is 3.59. The van der Waals surface area contributed by atoms with Crippen molar-refractivity contribution in [3.05, 3.63) is 48.0 Å². The maximum Gasteiger partial charge on any atom is 0.326 e. The summed E-state index contributed by atoms with van der Waals surface area (Å²) >= 11 is 0. The van der Waals surface area contributed by atoms with E-state index in [0.717, 1.165) is 28.2 Å². The van der Waals surface area contributed by atoms with Crippen molar-refractivity contribution in [1.29, 1.82) is 0 Å². The van der Waals surface area contributed by atoms with Gasteiger partial charge < -0.3 is 9.42 Å².